The molecule has 0 saturated heterocycles. The number of ether oxygens (including phenoxy) is 1. The van der Waals surface area contributed by atoms with Gasteiger partial charge in [0.2, 0.25) is 0 Å². The number of carboxylic acid groups (broad SMARTS) is 1. The van der Waals surface area contributed by atoms with Crippen molar-refractivity contribution in [1.82, 2.24) is 0 Å². The van der Waals surface area contributed by atoms with Crippen LogP contribution in [0.15, 0.2) is 23.9 Å². The van der Waals surface area contributed by atoms with Crippen molar-refractivity contribution in [2.45, 2.75) is 26.9 Å². The highest BCUT2D eigenvalue weighted by Gasteiger charge is 2.18. The third-order valence-electron chi connectivity index (χ3n) is 2.58. The van der Waals surface area contributed by atoms with Crippen LogP contribution in [0, 0.1) is 0 Å². The Kier molecular flexibility index (Phi) is 6.60. The van der Waals surface area contributed by atoms with Crippen LogP contribution in [0.4, 0.5) is 5.69 Å². The van der Waals surface area contributed by atoms with E-state index in [-0.39, 0.29) is 26.9 Å². The molecule has 2 N–H and O–H groups in total. The Morgan fingerprint density at radius 1 is 1.26 bits per heavy atom. The molecular weight excluding hydrogens is 345 g/mol. The smallest absolute Gasteiger partial charge is 0.343 e. The van der Waals surface area contributed by atoms with Crippen LogP contribution in [0.25, 0.3) is 0 Å². The molecule has 0 radical (unpaired) electrons. The number of rotatable bonds is 6. The van der Waals surface area contributed by atoms with E-state index in [0.29, 0.717) is 0 Å². The normalized spacial score (nSPS) is 11.3. The summed E-state index contributed by atoms with van der Waals surface area (Å²) in [5, 5.41) is 11.7. The number of ketones is 1. The molecule has 6 nitrogen and oxygen atoms in total. The van der Waals surface area contributed by atoms with Crippen LogP contribution >= 0.6 is 23.2 Å². The molecule has 0 aromatic heterocycles. The van der Waals surface area contributed by atoms with Crippen LogP contribution in [0.2, 0.25) is 10.0 Å². The van der Waals surface area contributed by atoms with E-state index in [2.05, 4.69) is 5.32 Å². The van der Waals surface area contributed by atoms with Gasteiger partial charge in [-0.25, -0.2) is 9.59 Å². The zero-order valence-corrected chi connectivity index (χ0v) is 14.2. The van der Waals surface area contributed by atoms with Crippen LogP contribution in [0.3, 0.4) is 0 Å². The SMILES string of the molecule is CC(=O)C(=CNc1cc(Cl)cc(C(=O)O)c1Cl)C(=O)OC(C)C. The molecule has 0 spiro atoms. The predicted octanol–water partition coefficient (Wildman–Crippen LogP) is 3.53. The second-order valence-corrected chi connectivity index (χ2v) is 5.65. The second kappa shape index (κ2) is 7.99. The fourth-order valence-corrected chi connectivity index (χ4v) is 2.04. The van der Waals surface area contributed by atoms with Gasteiger partial charge in [-0.3, -0.25) is 4.79 Å². The first-order valence-corrected chi connectivity index (χ1v) is 7.30. The summed E-state index contributed by atoms with van der Waals surface area (Å²) in [6.45, 7) is 4.50. The number of halogens is 2. The van der Waals surface area contributed by atoms with Gasteiger partial charge in [-0.15, -0.1) is 0 Å². The number of hydrogen-bond donors (Lipinski definition) is 2. The second-order valence-electron chi connectivity index (χ2n) is 4.83. The van der Waals surface area contributed by atoms with Gasteiger partial charge in [0.05, 0.1) is 22.4 Å². The first-order valence-electron chi connectivity index (χ1n) is 6.54. The number of carbonyl (C=O) groups excluding carboxylic acids is 2. The van der Waals surface area contributed by atoms with Crippen molar-refractivity contribution in [2.24, 2.45) is 0 Å². The molecule has 0 aliphatic rings. The number of nitrogens with one attached hydrogen (secondary N) is 1. The largest absolute Gasteiger partial charge is 0.478 e. The van der Waals surface area contributed by atoms with E-state index in [9.17, 15) is 14.4 Å². The third kappa shape index (κ3) is 5.26. The van der Waals surface area contributed by atoms with Crippen LogP contribution in [-0.2, 0) is 14.3 Å². The van der Waals surface area contributed by atoms with E-state index >= 15 is 0 Å². The van der Waals surface area contributed by atoms with Gasteiger partial charge in [0, 0.05) is 11.2 Å². The van der Waals surface area contributed by atoms with Gasteiger partial charge < -0.3 is 15.2 Å². The monoisotopic (exact) mass is 359 g/mol. The van der Waals surface area contributed by atoms with Crippen molar-refractivity contribution in [3.05, 3.63) is 39.5 Å². The molecule has 0 aliphatic heterocycles. The molecule has 1 aromatic carbocycles. The molecule has 1 rings (SSSR count). The van der Waals surface area contributed by atoms with Gasteiger partial charge in [0.1, 0.15) is 5.57 Å². The minimum absolute atomic E-state index is 0.0988. The zero-order chi connectivity index (χ0) is 17.7. The van der Waals surface area contributed by atoms with Gasteiger partial charge in [-0.1, -0.05) is 23.2 Å². The Morgan fingerprint density at radius 2 is 1.87 bits per heavy atom. The molecule has 0 heterocycles. The summed E-state index contributed by atoms with van der Waals surface area (Å²) in [5.74, 6) is -2.56. The summed E-state index contributed by atoms with van der Waals surface area (Å²) in [5.41, 5.74) is -0.288. The highest BCUT2D eigenvalue weighted by Crippen LogP contribution is 2.30. The Bertz CT molecular complexity index is 683. The number of hydrogen-bond acceptors (Lipinski definition) is 5. The fraction of sp³-hybridized carbons (Fsp3) is 0.267. The van der Waals surface area contributed by atoms with E-state index in [1.165, 1.54) is 19.1 Å². The zero-order valence-electron chi connectivity index (χ0n) is 12.6. The predicted molar refractivity (Wildman–Crippen MR) is 87.0 cm³/mol. The molecule has 23 heavy (non-hydrogen) atoms. The Balaban J connectivity index is 3.17. The molecule has 0 unspecified atom stereocenters. The van der Waals surface area contributed by atoms with Gasteiger partial charge in [-0.2, -0.15) is 0 Å². The van der Waals surface area contributed by atoms with Gasteiger partial charge in [-0.05, 0) is 32.9 Å². The van der Waals surface area contributed by atoms with Crippen molar-refractivity contribution in [3.63, 3.8) is 0 Å². The van der Waals surface area contributed by atoms with Crippen LogP contribution in [-0.4, -0.2) is 28.9 Å². The van der Waals surface area contributed by atoms with E-state index in [1.54, 1.807) is 13.8 Å². The van der Waals surface area contributed by atoms with E-state index in [0.717, 1.165) is 6.20 Å². The fourth-order valence-electron chi connectivity index (χ4n) is 1.58. The summed E-state index contributed by atoms with van der Waals surface area (Å²) in [4.78, 5) is 34.5. The minimum atomic E-state index is -1.25. The number of Topliss-reactive ketones (excluding diaryl/α,β-unsaturated/α-hetero) is 1. The standard InChI is InChI=1S/C15H15Cl2NO5/c1-7(2)23-15(22)11(8(3)19)6-18-12-5-9(16)4-10(13(12)17)14(20)21/h4-7,18H,1-3H3,(H,20,21). The number of esters is 1. The van der Waals surface area contributed by atoms with Gasteiger partial charge >= 0.3 is 11.9 Å². The highest BCUT2D eigenvalue weighted by atomic mass is 35.5. The van der Waals surface area contributed by atoms with Crippen LogP contribution < -0.4 is 5.32 Å². The Hall–Kier alpha value is -2.05. The molecule has 0 atom stereocenters. The van der Waals surface area contributed by atoms with E-state index < -0.39 is 23.8 Å². The topological polar surface area (TPSA) is 92.7 Å². The molecular formula is C15H15Cl2NO5. The van der Waals surface area contributed by atoms with Crippen molar-refractivity contribution < 1.29 is 24.2 Å². The summed E-state index contributed by atoms with van der Waals surface area (Å²) in [6, 6.07) is 2.57. The Morgan fingerprint density at radius 3 is 2.35 bits per heavy atom. The maximum Gasteiger partial charge on any atom is 0.343 e. The lowest BCUT2D eigenvalue weighted by Gasteiger charge is -2.11. The van der Waals surface area contributed by atoms with Crippen LogP contribution in [0.5, 0.6) is 0 Å². The third-order valence-corrected chi connectivity index (χ3v) is 3.21. The summed E-state index contributed by atoms with van der Waals surface area (Å²) < 4.78 is 4.96. The van der Waals surface area contributed by atoms with E-state index in [1.807, 2.05) is 0 Å². The first kappa shape index (κ1) is 19.0. The first-order chi connectivity index (χ1) is 10.6. The van der Waals surface area contributed by atoms with Gasteiger partial charge in [0.15, 0.2) is 5.78 Å². The summed E-state index contributed by atoms with van der Waals surface area (Å²) in [6.07, 6.45) is 0.717. The Labute approximate surface area is 143 Å². The molecule has 0 aliphatic carbocycles. The minimum Gasteiger partial charge on any atom is -0.478 e. The molecule has 0 bridgehead atoms. The lowest BCUT2D eigenvalue weighted by Crippen LogP contribution is -2.18. The molecule has 0 amide bonds. The molecule has 8 heteroatoms. The molecule has 124 valence electrons. The van der Waals surface area contributed by atoms with Crippen molar-refractivity contribution >= 4 is 46.6 Å². The lowest BCUT2D eigenvalue weighted by molar-refractivity contribution is -0.143. The van der Waals surface area contributed by atoms with E-state index in [4.69, 9.17) is 33.0 Å². The highest BCUT2D eigenvalue weighted by molar-refractivity contribution is 6.38. The number of anilines is 1. The molecule has 0 fully saturated rings. The van der Waals surface area contributed by atoms with Crippen molar-refractivity contribution in [1.29, 1.82) is 0 Å². The summed E-state index contributed by atoms with van der Waals surface area (Å²) in [7, 11) is 0. The number of benzene rings is 1. The van der Waals surface area contributed by atoms with Crippen molar-refractivity contribution in [2.75, 3.05) is 5.32 Å². The number of carboxylic acids is 1. The average Bonchev–Trinajstić information content (AvgIpc) is 2.40. The molecule has 0 saturated carbocycles. The van der Waals surface area contributed by atoms with Gasteiger partial charge in [0.25, 0.3) is 0 Å². The summed E-state index contributed by atoms with van der Waals surface area (Å²) >= 11 is 11.8. The lowest BCUT2D eigenvalue weighted by atomic mass is 10.2. The quantitative estimate of drug-likeness (QED) is 0.349. The van der Waals surface area contributed by atoms with Crippen LogP contribution in [0.1, 0.15) is 31.1 Å². The maximum atomic E-state index is 11.8. The van der Waals surface area contributed by atoms with Crippen molar-refractivity contribution in [3.8, 4) is 0 Å². The maximum absolute atomic E-state index is 11.8. The number of carbonyl (C=O) groups is 3. The number of aromatic carboxylic acids is 1. The molecule has 1 aromatic rings. The average molecular weight is 360 g/mol.